The number of fused-ring (bicyclic) bond motifs is 3. The van der Waals surface area contributed by atoms with Crippen LogP contribution in [0.2, 0.25) is 0 Å². The van der Waals surface area contributed by atoms with Gasteiger partial charge in [-0.15, -0.1) is 6.58 Å². The van der Waals surface area contributed by atoms with Crippen LogP contribution in [0.3, 0.4) is 0 Å². The van der Waals surface area contributed by atoms with E-state index in [-0.39, 0.29) is 43.7 Å². The molecule has 1 aliphatic carbocycles. The van der Waals surface area contributed by atoms with Crippen molar-refractivity contribution in [1.29, 1.82) is 0 Å². The minimum absolute atomic E-state index is 0.0318. The van der Waals surface area contributed by atoms with Crippen molar-refractivity contribution in [3.63, 3.8) is 0 Å². The Bertz CT molecular complexity index is 1060. The van der Waals surface area contributed by atoms with E-state index in [0.717, 1.165) is 12.8 Å². The van der Waals surface area contributed by atoms with Crippen LogP contribution in [0.4, 0.5) is 0 Å². The van der Waals surface area contributed by atoms with Crippen LogP contribution < -0.4 is 14.8 Å². The first-order chi connectivity index (χ1) is 17.9. The fourth-order valence-corrected chi connectivity index (χ4v) is 5.33. The molecule has 200 valence electrons. The quantitative estimate of drug-likeness (QED) is 0.295. The molecule has 1 aromatic carbocycles. The van der Waals surface area contributed by atoms with Crippen molar-refractivity contribution in [3.05, 3.63) is 47.6 Å². The number of aliphatic hydroxyl groups is 2. The van der Waals surface area contributed by atoms with Gasteiger partial charge in [0.25, 0.3) is 0 Å². The Morgan fingerprint density at radius 3 is 2.81 bits per heavy atom. The number of ether oxygens (including phenoxy) is 3. The summed E-state index contributed by atoms with van der Waals surface area (Å²) < 4.78 is 17.4. The van der Waals surface area contributed by atoms with Gasteiger partial charge >= 0.3 is 0 Å². The van der Waals surface area contributed by atoms with Crippen molar-refractivity contribution < 1.29 is 38.8 Å². The number of aliphatic hydroxyl groups excluding tert-OH is 2. The average molecular weight is 515 g/mol. The van der Waals surface area contributed by atoms with Gasteiger partial charge in [-0.1, -0.05) is 6.08 Å². The van der Waals surface area contributed by atoms with Crippen molar-refractivity contribution in [2.75, 3.05) is 33.4 Å². The molecule has 0 spiro atoms. The standard InChI is InChI=1S/C27H34N2O8/c1-3-4-7-22(32)29(14-17-6-5-10-36-17)20-13-19(27(34)28-8-9-30)23-18-11-16(15-31)12-21(35-2)25(18)37-26(23)24(20)33/h3,11-13,15,17,20,23-24,26,30,33H,1,4-10,14H2,2H3,(H,28,34)/t17-,20+,23-,24-,26-/m0/s1. The van der Waals surface area contributed by atoms with Crippen molar-refractivity contribution >= 4 is 18.1 Å². The predicted molar refractivity (Wildman–Crippen MR) is 134 cm³/mol. The van der Waals surface area contributed by atoms with Crippen molar-refractivity contribution in [3.8, 4) is 11.5 Å². The number of carbonyl (C=O) groups excluding carboxylic acids is 3. The molecule has 0 aromatic heterocycles. The molecule has 3 aliphatic rings. The molecule has 0 saturated carbocycles. The largest absolute Gasteiger partial charge is 0.493 e. The summed E-state index contributed by atoms with van der Waals surface area (Å²) in [6, 6.07) is 2.29. The number of carbonyl (C=O) groups is 3. The van der Waals surface area contributed by atoms with E-state index in [1.807, 2.05) is 0 Å². The number of allylic oxidation sites excluding steroid dienone is 1. The van der Waals surface area contributed by atoms with Crippen molar-refractivity contribution in [2.24, 2.45) is 0 Å². The van der Waals surface area contributed by atoms with E-state index < -0.39 is 30.1 Å². The Morgan fingerprint density at radius 2 is 2.16 bits per heavy atom. The van der Waals surface area contributed by atoms with Gasteiger partial charge in [0.15, 0.2) is 11.5 Å². The second kappa shape index (κ2) is 11.9. The zero-order chi connectivity index (χ0) is 26.5. The zero-order valence-corrected chi connectivity index (χ0v) is 20.9. The number of benzene rings is 1. The summed E-state index contributed by atoms with van der Waals surface area (Å²) >= 11 is 0. The summed E-state index contributed by atoms with van der Waals surface area (Å²) in [5, 5.41) is 23.5. The first-order valence-electron chi connectivity index (χ1n) is 12.6. The second-order valence-electron chi connectivity index (χ2n) is 9.41. The monoisotopic (exact) mass is 514 g/mol. The lowest BCUT2D eigenvalue weighted by atomic mass is 9.77. The summed E-state index contributed by atoms with van der Waals surface area (Å²) in [6.07, 6.45) is 4.04. The normalized spacial score (nSPS) is 25.8. The van der Waals surface area contributed by atoms with Gasteiger partial charge in [0, 0.05) is 42.8 Å². The third kappa shape index (κ3) is 5.41. The number of methoxy groups -OCH3 is 1. The highest BCUT2D eigenvalue weighted by atomic mass is 16.5. The van der Waals surface area contributed by atoms with Crippen LogP contribution >= 0.6 is 0 Å². The van der Waals surface area contributed by atoms with Crippen LogP contribution in [-0.4, -0.2) is 91.0 Å². The number of amides is 2. The van der Waals surface area contributed by atoms with E-state index in [9.17, 15) is 24.6 Å². The van der Waals surface area contributed by atoms with Crippen LogP contribution in [0.25, 0.3) is 0 Å². The molecule has 2 heterocycles. The van der Waals surface area contributed by atoms with Gasteiger partial charge in [0.2, 0.25) is 11.8 Å². The number of hydrogen-bond donors (Lipinski definition) is 3. The Hall–Kier alpha value is -3.21. The topological polar surface area (TPSA) is 135 Å². The first-order valence-corrected chi connectivity index (χ1v) is 12.6. The lowest BCUT2D eigenvalue weighted by Crippen LogP contribution is -2.57. The fourth-order valence-electron chi connectivity index (χ4n) is 5.33. The molecule has 1 fully saturated rings. The van der Waals surface area contributed by atoms with Crippen molar-refractivity contribution in [1.82, 2.24) is 10.2 Å². The van der Waals surface area contributed by atoms with E-state index in [1.165, 1.54) is 13.2 Å². The van der Waals surface area contributed by atoms with Gasteiger partial charge in [0.05, 0.1) is 31.8 Å². The highest BCUT2D eigenvalue weighted by Gasteiger charge is 2.51. The van der Waals surface area contributed by atoms with Crippen LogP contribution in [0.1, 0.15) is 47.5 Å². The summed E-state index contributed by atoms with van der Waals surface area (Å²) in [5.74, 6) is -0.705. The molecule has 3 N–H and O–H groups in total. The molecule has 2 aliphatic heterocycles. The van der Waals surface area contributed by atoms with E-state index in [1.54, 1.807) is 23.1 Å². The van der Waals surface area contributed by atoms with Crippen LogP contribution in [0.5, 0.6) is 11.5 Å². The summed E-state index contributed by atoms with van der Waals surface area (Å²) in [4.78, 5) is 39.8. The Morgan fingerprint density at radius 1 is 1.35 bits per heavy atom. The average Bonchev–Trinajstić information content (AvgIpc) is 3.57. The minimum atomic E-state index is -1.18. The maximum absolute atomic E-state index is 13.3. The van der Waals surface area contributed by atoms with Gasteiger partial charge < -0.3 is 34.6 Å². The zero-order valence-electron chi connectivity index (χ0n) is 20.9. The molecule has 37 heavy (non-hydrogen) atoms. The van der Waals surface area contributed by atoms with Gasteiger partial charge in [-0.2, -0.15) is 0 Å². The van der Waals surface area contributed by atoms with Crippen LogP contribution in [0, 0.1) is 0 Å². The molecule has 1 saturated heterocycles. The number of aldehydes is 1. The van der Waals surface area contributed by atoms with E-state index in [0.29, 0.717) is 41.9 Å². The predicted octanol–water partition coefficient (Wildman–Crippen LogP) is 1.10. The summed E-state index contributed by atoms with van der Waals surface area (Å²) in [6.45, 7) is 4.36. The molecule has 10 nitrogen and oxygen atoms in total. The number of rotatable bonds is 11. The second-order valence-corrected chi connectivity index (χ2v) is 9.41. The van der Waals surface area contributed by atoms with Crippen LogP contribution in [0.15, 0.2) is 36.4 Å². The smallest absolute Gasteiger partial charge is 0.247 e. The molecule has 0 radical (unpaired) electrons. The maximum Gasteiger partial charge on any atom is 0.247 e. The molecule has 1 aromatic rings. The lowest BCUT2D eigenvalue weighted by Gasteiger charge is -2.41. The SMILES string of the molecule is C=CCCC(=O)N(C[C@@H]1CCCO1)[C@@H]1C=C(C(=O)NCCO)[C@@H]2c3cc(C=O)cc(OC)c3O[C@@H]2[C@H]1O. The number of nitrogens with one attached hydrogen (secondary N) is 1. The van der Waals surface area contributed by atoms with Crippen LogP contribution in [-0.2, 0) is 14.3 Å². The molecular formula is C27H34N2O8. The fraction of sp³-hybridized carbons (Fsp3) is 0.519. The van der Waals surface area contributed by atoms with Gasteiger partial charge in [-0.3, -0.25) is 14.4 Å². The highest BCUT2D eigenvalue weighted by Crippen LogP contribution is 2.51. The molecule has 10 heteroatoms. The number of hydrogen-bond acceptors (Lipinski definition) is 8. The van der Waals surface area contributed by atoms with E-state index in [2.05, 4.69) is 11.9 Å². The maximum atomic E-state index is 13.3. The first kappa shape index (κ1) is 26.8. The van der Waals surface area contributed by atoms with Crippen molar-refractivity contribution in [2.45, 2.75) is 56.0 Å². The molecule has 5 atom stereocenters. The molecule has 2 amide bonds. The molecule has 4 rings (SSSR count). The molecule has 0 bridgehead atoms. The Labute approximate surface area is 215 Å². The third-order valence-corrected chi connectivity index (χ3v) is 7.08. The molecule has 0 unspecified atom stereocenters. The van der Waals surface area contributed by atoms with E-state index >= 15 is 0 Å². The number of nitrogens with zero attached hydrogens (tertiary/aromatic N) is 1. The summed E-state index contributed by atoms with van der Waals surface area (Å²) in [7, 11) is 1.45. The van der Waals surface area contributed by atoms with E-state index in [4.69, 9.17) is 14.2 Å². The highest BCUT2D eigenvalue weighted by molar-refractivity contribution is 5.96. The van der Waals surface area contributed by atoms with Gasteiger partial charge in [-0.25, -0.2) is 0 Å². The summed E-state index contributed by atoms with van der Waals surface area (Å²) in [5.41, 5.74) is 1.16. The van der Waals surface area contributed by atoms with Gasteiger partial charge in [0.1, 0.15) is 18.5 Å². The molecular weight excluding hydrogens is 480 g/mol. The Kier molecular flexibility index (Phi) is 8.63. The minimum Gasteiger partial charge on any atom is -0.493 e. The van der Waals surface area contributed by atoms with Gasteiger partial charge in [-0.05, 0) is 37.5 Å². The Balaban J connectivity index is 1.78. The third-order valence-electron chi connectivity index (χ3n) is 7.08. The lowest BCUT2D eigenvalue weighted by molar-refractivity contribution is -0.139.